The van der Waals surface area contributed by atoms with E-state index >= 15 is 0 Å². The summed E-state index contributed by atoms with van der Waals surface area (Å²) < 4.78 is 3.30. The molecule has 0 fully saturated rings. The number of hydrogen-bond donors (Lipinski definition) is 1. The molecule has 0 spiro atoms. The molecule has 1 N–H and O–H groups in total. The molecule has 2 heterocycles. The first-order valence-corrected chi connectivity index (χ1v) is 9.96. The highest BCUT2D eigenvalue weighted by Gasteiger charge is 2.10. The van der Waals surface area contributed by atoms with Gasteiger partial charge in [-0.3, -0.25) is 4.99 Å². The fourth-order valence-electron chi connectivity index (χ4n) is 2.72. The van der Waals surface area contributed by atoms with Gasteiger partial charge in [0.15, 0.2) is 5.96 Å². The minimum Gasteiger partial charge on any atom is -0.349 e. The standard InChI is InChI=1S/C19H22BrN5S.HI/c1-21-19(24(2)14-16-8-9-17(20)26-16)23-12-18-22-10-11-25(18)13-15-6-4-3-5-7-15;/h3-11H,12-14H2,1-2H3,(H,21,23);1H. The lowest BCUT2D eigenvalue weighted by atomic mass is 10.2. The minimum atomic E-state index is 0. The number of nitrogens with one attached hydrogen (secondary N) is 1. The smallest absolute Gasteiger partial charge is 0.194 e. The van der Waals surface area contributed by atoms with Crippen LogP contribution in [0.25, 0.3) is 0 Å². The van der Waals surface area contributed by atoms with Crippen LogP contribution in [0.15, 0.2) is 63.6 Å². The zero-order valence-electron chi connectivity index (χ0n) is 15.3. The average molecular weight is 560 g/mol. The predicted octanol–water partition coefficient (Wildman–Crippen LogP) is 4.58. The third kappa shape index (κ3) is 6.32. The van der Waals surface area contributed by atoms with Crippen LogP contribution in [0, 0.1) is 0 Å². The van der Waals surface area contributed by atoms with E-state index in [1.807, 2.05) is 25.5 Å². The van der Waals surface area contributed by atoms with E-state index in [9.17, 15) is 0 Å². The van der Waals surface area contributed by atoms with Crippen molar-refractivity contribution in [2.24, 2.45) is 4.99 Å². The van der Waals surface area contributed by atoms with E-state index in [0.717, 1.165) is 28.7 Å². The van der Waals surface area contributed by atoms with E-state index in [4.69, 9.17) is 0 Å². The Kier molecular flexibility index (Phi) is 8.78. The zero-order chi connectivity index (χ0) is 18.4. The summed E-state index contributed by atoms with van der Waals surface area (Å²) in [4.78, 5) is 12.3. The van der Waals surface area contributed by atoms with Crippen LogP contribution in [0.2, 0.25) is 0 Å². The molecule has 5 nitrogen and oxygen atoms in total. The Bertz CT molecular complexity index is 862. The van der Waals surface area contributed by atoms with Crippen LogP contribution in [-0.2, 0) is 19.6 Å². The van der Waals surface area contributed by atoms with Gasteiger partial charge in [0.1, 0.15) is 5.82 Å². The molecule has 0 aliphatic heterocycles. The molecular weight excluding hydrogens is 537 g/mol. The Hall–Kier alpha value is -1.39. The highest BCUT2D eigenvalue weighted by Crippen LogP contribution is 2.23. The van der Waals surface area contributed by atoms with E-state index in [1.165, 1.54) is 10.4 Å². The monoisotopic (exact) mass is 559 g/mol. The van der Waals surface area contributed by atoms with Crippen LogP contribution >= 0.6 is 51.2 Å². The van der Waals surface area contributed by atoms with Gasteiger partial charge in [-0.1, -0.05) is 30.3 Å². The lowest BCUT2D eigenvalue weighted by Gasteiger charge is -2.21. The van der Waals surface area contributed by atoms with E-state index in [1.54, 1.807) is 18.4 Å². The van der Waals surface area contributed by atoms with Crippen molar-refractivity contribution in [3.05, 3.63) is 74.9 Å². The van der Waals surface area contributed by atoms with Crippen LogP contribution in [0.5, 0.6) is 0 Å². The molecule has 0 aliphatic carbocycles. The maximum absolute atomic E-state index is 4.49. The van der Waals surface area contributed by atoms with Crippen LogP contribution in [-0.4, -0.2) is 34.5 Å². The number of halogens is 2. The zero-order valence-corrected chi connectivity index (χ0v) is 20.0. The predicted molar refractivity (Wildman–Crippen MR) is 127 cm³/mol. The molecule has 0 aliphatic rings. The van der Waals surface area contributed by atoms with Gasteiger partial charge >= 0.3 is 0 Å². The number of aromatic nitrogens is 2. The maximum atomic E-state index is 4.49. The third-order valence-corrected chi connectivity index (χ3v) is 5.61. The van der Waals surface area contributed by atoms with Crippen LogP contribution < -0.4 is 5.32 Å². The molecule has 1 aromatic carbocycles. The van der Waals surface area contributed by atoms with Gasteiger partial charge in [0, 0.05) is 37.9 Å². The summed E-state index contributed by atoms with van der Waals surface area (Å²) in [6.45, 7) is 2.26. The van der Waals surface area contributed by atoms with Crippen molar-refractivity contribution in [2.75, 3.05) is 14.1 Å². The Labute approximate surface area is 189 Å². The van der Waals surface area contributed by atoms with E-state index in [0.29, 0.717) is 6.54 Å². The van der Waals surface area contributed by atoms with Crippen LogP contribution in [0.4, 0.5) is 0 Å². The second kappa shape index (κ2) is 10.8. The second-order valence-corrected chi connectivity index (χ2v) is 8.47. The first kappa shape index (κ1) is 21.9. The van der Waals surface area contributed by atoms with Gasteiger partial charge in [-0.15, -0.1) is 35.3 Å². The SMILES string of the molecule is CN=C(NCc1nccn1Cc1ccccc1)N(C)Cc1ccc(Br)s1.I. The summed E-state index contributed by atoms with van der Waals surface area (Å²) in [5.74, 6) is 1.84. The van der Waals surface area contributed by atoms with Gasteiger partial charge in [-0.05, 0) is 33.6 Å². The molecular formula is C19H23BrIN5S. The summed E-state index contributed by atoms with van der Waals surface area (Å²) in [7, 11) is 3.85. The fraction of sp³-hybridized carbons (Fsp3) is 0.263. The summed E-state index contributed by atoms with van der Waals surface area (Å²) in [5, 5.41) is 3.41. The van der Waals surface area contributed by atoms with Crippen LogP contribution in [0.1, 0.15) is 16.3 Å². The number of rotatable bonds is 6. The van der Waals surface area contributed by atoms with Crippen molar-refractivity contribution in [1.82, 2.24) is 19.8 Å². The van der Waals surface area contributed by atoms with E-state index in [2.05, 4.69) is 77.1 Å². The largest absolute Gasteiger partial charge is 0.349 e. The molecule has 27 heavy (non-hydrogen) atoms. The highest BCUT2D eigenvalue weighted by atomic mass is 127. The number of guanidine groups is 1. The molecule has 2 aromatic heterocycles. The van der Waals surface area contributed by atoms with Crippen molar-refractivity contribution in [3.63, 3.8) is 0 Å². The first-order chi connectivity index (χ1) is 12.7. The number of benzene rings is 1. The molecule has 0 atom stereocenters. The van der Waals surface area contributed by atoms with Gasteiger partial charge in [0.05, 0.1) is 16.9 Å². The molecule has 0 amide bonds. The highest BCUT2D eigenvalue weighted by molar-refractivity contribution is 14.0. The number of thiophene rings is 1. The van der Waals surface area contributed by atoms with Crippen molar-refractivity contribution < 1.29 is 0 Å². The normalized spacial score (nSPS) is 11.1. The van der Waals surface area contributed by atoms with Gasteiger partial charge in [0.25, 0.3) is 0 Å². The Balaban J connectivity index is 0.00000261. The minimum absolute atomic E-state index is 0. The molecule has 0 unspecified atom stereocenters. The van der Waals surface area contributed by atoms with Gasteiger partial charge in [-0.25, -0.2) is 4.98 Å². The number of imidazole rings is 1. The quantitative estimate of drug-likeness (QED) is 0.273. The van der Waals surface area contributed by atoms with Crippen molar-refractivity contribution in [2.45, 2.75) is 19.6 Å². The average Bonchev–Trinajstić information content (AvgIpc) is 3.25. The Morgan fingerprint density at radius 3 is 2.70 bits per heavy atom. The molecule has 144 valence electrons. The third-order valence-electron chi connectivity index (χ3n) is 4.00. The lowest BCUT2D eigenvalue weighted by Crippen LogP contribution is -2.38. The van der Waals surface area contributed by atoms with E-state index < -0.39 is 0 Å². The number of aliphatic imine (C=N–C) groups is 1. The molecule has 8 heteroatoms. The van der Waals surface area contributed by atoms with Gasteiger partial charge < -0.3 is 14.8 Å². The molecule has 0 saturated heterocycles. The van der Waals surface area contributed by atoms with Gasteiger partial charge in [0.2, 0.25) is 0 Å². The summed E-state index contributed by atoms with van der Waals surface area (Å²) in [6, 6.07) is 14.6. The molecule has 3 aromatic rings. The van der Waals surface area contributed by atoms with E-state index in [-0.39, 0.29) is 24.0 Å². The fourth-order valence-corrected chi connectivity index (χ4v) is 4.26. The number of nitrogens with zero attached hydrogens (tertiary/aromatic N) is 4. The molecule has 3 rings (SSSR count). The van der Waals surface area contributed by atoms with Crippen molar-refractivity contribution in [1.29, 1.82) is 0 Å². The maximum Gasteiger partial charge on any atom is 0.194 e. The second-order valence-electron chi connectivity index (χ2n) is 5.92. The molecule has 0 radical (unpaired) electrons. The molecule has 0 bridgehead atoms. The lowest BCUT2D eigenvalue weighted by molar-refractivity contribution is 0.478. The molecule has 0 saturated carbocycles. The summed E-state index contributed by atoms with van der Waals surface area (Å²) in [6.07, 6.45) is 3.86. The Morgan fingerprint density at radius 1 is 1.26 bits per heavy atom. The van der Waals surface area contributed by atoms with Crippen molar-refractivity contribution in [3.8, 4) is 0 Å². The summed E-state index contributed by atoms with van der Waals surface area (Å²) >= 11 is 5.25. The van der Waals surface area contributed by atoms with Crippen LogP contribution in [0.3, 0.4) is 0 Å². The summed E-state index contributed by atoms with van der Waals surface area (Å²) in [5.41, 5.74) is 1.26. The number of hydrogen-bond acceptors (Lipinski definition) is 3. The van der Waals surface area contributed by atoms with Crippen molar-refractivity contribution >= 4 is 57.2 Å². The Morgan fingerprint density at radius 2 is 2.04 bits per heavy atom. The topological polar surface area (TPSA) is 45.5 Å². The first-order valence-electron chi connectivity index (χ1n) is 8.35. The van der Waals surface area contributed by atoms with Gasteiger partial charge in [-0.2, -0.15) is 0 Å².